The molecule has 0 aliphatic carbocycles. The lowest BCUT2D eigenvalue weighted by atomic mass is 10.1. The molecule has 0 saturated heterocycles. The molecule has 0 spiro atoms. The van der Waals surface area contributed by atoms with E-state index < -0.39 is 0 Å². The van der Waals surface area contributed by atoms with Crippen molar-refractivity contribution in [2.24, 2.45) is 5.73 Å². The van der Waals surface area contributed by atoms with Gasteiger partial charge in [-0.1, -0.05) is 0 Å². The Morgan fingerprint density at radius 2 is 1.25 bits per heavy atom. The van der Waals surface area contributed by atoms with Crippen LogP contribution >= 0.6 is 23.2 Å². The zero-order valence-electron chi connectivity index (χ0n) is 5.54. The van der Waals surface area contributed by atoms with Crippen LogP contribution in [0.5, 0.6) is 0 Å². The molecule has 8 heavy (non-hydrogen) atoms. The van der Waals surface area contributed by atoms with Gasteiger partial charge in [-0.3, -0.25) is 0 Å². The summed E-state index contributed by atoms with van der Waals surface area (Å²) in [5.41, 5.74) is 5.35. The van der Waals surface area contributed by atoms with Crippen LogP contribution in [0, 0.1) is 0 Å². The summed E-state index contributed by atoms with van der Waals surface area (Å²) < 4.78 is 0. The van der Waals surface area contributed by atoms with Crippen molar-refractivity contribution in [3.05, 3.63) is 0 Å². The average molecular weight is 158 g/mol. The molecule has 0 unspecified atom stereocenters. The zero-order valence-corrected chi connectivity index (χ0v) is 7.05. The van der Waals surface area contributed by atoms with Crippen LogP contribution in [0.15, 0.2) is 0 Å². The first-order chi connectivity index (χ1) is 3.41. The standard InChI is InChI=1S/C4H11N.CH2Cl2/c1-4(2,3)5;2-1-3/h5H2,1-3H3;1H2. The normalized spacial score (nSPS) is 9.75. The summed E-state index contributed by atoms with van der Waals surface area (Å²) in [5.74, 6) is 0. The van der Waals surface area contributed by atoms with Crippen LogP contribution in [0.4, 0.5) is 0 Å². The van der Waals surface area contributed by atoms with Gasteiger partial charge in [-0.25, -0.2) is 0 Å². The van der Waals surface area contributed by atoms with Crippen LogP contribution < -0.4 is 5.73 Å². The van der Waals surface area contributed by atoms with Crippen molar-refractivity contribution >= 4 is 23.2 Å². The van der Waals surface area contributed by atoms with Crippen LogP contribution in [0.25, 0.3) is 0 Å². The second-order valence-electron chi connectivity index (χ2n) is 2.47. The van der Waals surface area contributed by atoms with E-state index >= 15 is 0 Å². The van der Waals surface area contributed by atoms with Gasteiger partial charge in [0.25, 0.3) is 0 Å². The van der Waals surface area contributed by atoms with E-state index in [1.54, 1.807) is 0 Å². The van der Waals surface area contributed by atoms with Gasteiger partial charge < -0.3 is 5.73 Å². The van der Waals surface area contributed by atoms with Gasteiger partial charge in [-0.05, 0) is 20.8 Å². The molecule has 0 aliphatic rings. The minimum Gasteiger partial charge on any atom is -0.326 e. The van der Waals surface area contributed by atoms with Crippen LogP contribution in [0.1, 0.15) is 20.8 Å². The van der Waals surface area contributed by atoms with Gasteiger partial charge in [0.05, 0.1) is 5.34 Å². The molecule has 0 radical (unpaired) electrons. The van der Waals surface area contributed by atoms with Gasteiger partial charge in [0.15, 0.2) is 0 Å². The molecule has 0 bridgehead atoms. The number of alkyl halides is 2. The molecule has 0 atom stereocenters. The summed E-state index contributed by atoms with van der Waals surface area (Å²) in [6.45, 7) is 5.90. The Kier molecular flexibility index (Phi) is 8.05. The largest absolute Gasteiger partial charge is 0.326 e. The Bertz CT molecular complexity index is 34.2. The second-order valence-corrected chi connectivity index (χ2v) is 3.28. The van der Waals surface area contributed by atoms with Crippen molar-refractivity contribution in [2.75, 3.05) is 5.34 Å². The molecular weight excluding hydrogens is 145 g/mol. The number of hydrogen-bond donors (Lipinski definition) is 1. The highest BCUT2D eigenvalue weighted by Crippen LogP contribution is 1.88. The summed E-state index contributed by atoms with van der Waals surface area (Å²) in [7, 11) is 0. The summed E-state index contributed by atoms with van der Waals surface area (Å²) in [4.78, 5) is 0. The Balaban J connectivity index is 0. The monoisotopic (exact) mass is 157 g/mol. The predicted octanol–water partition coefficient (Wildman–Crippen LogP) is 2.17. The van der Waals surface area contributed by atoms with E-state index in [4.69, 9.17) is 28.9 Å². The highest BCUT2D eigenvalue weighted by Gasteiger charge is 1.95. The summed E-state index contributed by atoms with van der Waals surface area (Å²) in [6.07, 6.45) is 0. The van der Waals surface area contributed by atoms with Gasteiger partial charge in [-0.2, -0.15) is 0 Å². The fraction of sp³-hybridized carbons (Fsp3) is 1.00. The number of rotatable bonds is 0. The third-order valence-electron chi connectivity index (χ3n) is 0. The first-order valence-corrected chi connectivity index (χ1v) is 3.39. The topological polar surface area (TPSA) is 26.0 Å². The highest BCUT2D eigenvalue weighted by molar-refractivity contribution is 6.40. The first kappa shape index (κ1) is 11.4. The Hall–Kier alpha value is 0.540. The van der Waals surface area contributed by atoms with E-state index in [0.29, 0.717) is 0 Å². The van der Waals surface area contributed by atoms with Crippen LogP contribution in [0.3, 0.4) is 0 Å². The van der Waals surface area contributed by atoms with E-state index in [1.807, 2.05) is 20.8 Å². The predicted molar refractivity (Wildman–Crippen MR) is 40.5 cm³/mol. The number of nitrogens with two attached hydrogens (primary N) is 1. The molecule has 52 valence electrons. The minimum absolute atomic E-state index is 0. The Morgan fingerprint density at radius 1 is 1.25 bits per heavy atom. The lowest BCUT2D eigenvalue weighted by molar-refractivity contribution is 0.580. The maximum Gasteiger partial charge on any atom is 0.0967 e. The Morgan fingerprint density at radius 3 is 1.25 bits per heavy atom. The summed E-state index contributed by atoms with van der Waals surface area (Å²) >= 11 is 9.53. The number of hydrogen-bond acceptors (Lipinski definition) is 1. The van der Waals surface area contributed by atoms with Crippen LogP contribution in [0.2, 0.25) is 0 Å². The zero-order chi connectivity index (χ0) is 7.21. The maximum atomic E-state index is 5.35. The molecule has 2 N–H and O–H groups in total. The summed E-state index contributed by atoms with van der Waals surface area (Å²) in [5, 5.41) is 0.194. The lowest BCUT2D eigenvalue weighted by Crippen LogP contribution is -2.26. The smallest absolute Gasteiger partial charge is 0.0967 e. The molecule has 0 rings (SSSR count). The van der Waals surface area contributed by atoms with Crippen molar-refractivity contribution in [1.82, 2.24) is 0 Å². The van der Waals surface area contributed by atoms with E-state index in [1.165, 1.54) is 0 Å². The quantitative estimate of drug-likeness (QED) is 0.537. The van der Waals surface area contributed by atoms with Crippen molar-refractivity contribution in [2.45, 2.75) is 26.3 Å². The molecule has 0 aromatic carbocycles. The van der Waals surface area contributed by atoms with Crippen molar-refractivity contribution in [1.29, 1.82) is 0 Å². The third-order valence-corrected chi connectivity index (χ3v) is 0. The van der Waals surface area contributed by atoms with E-state index in [-0.39, 0.29) is 10.9 Å². The van der Waals surface area contributed by atoms with Gasteiger partial charge in [0, 0.05) is 5.54 Å². The highest BCUT2D eigenvalue weighted by atomic mass is 35.5. The van der Waals surface area contributed by atoms with Crippen LogP contribution in [-0.2, 0) is 0 Å². The molecule has 3 heteroatoms. The SMILES string of the molecule is CC(C)(C)N.ClCCl. The maximum absolute atomic E-state index is 5.35. The molecular formula is C5H13Cl2N. The van der Waals surface area contributed by atoms with Gasteiger partial charge >= 0.3 is 0 Å². The molecule has 0 saturated carbocycles. The average Bonchev–Trinajstić information content (AvgIpc) is 1.27. The van der Waals surface area contributed by atoms with Gasteiger partial charge in [0.1, 0.15) is 0 Å². The minimum atomic E-state index is 0. The first-order valence-electron chi connectivity index (χ1n) is 2.32. The molecule has 0 amide bonds. The fourth-order valence-electron chi connectivity index (χ4n) is 0. The van der Waals surface area contributed by atoms with Crippen LogP contribution in [-0.4, -0.2) is 10.9 Å². The molecule has 0 aromatic rings. The van der Waals surface area contributed by atoms with Gasteiger partial charge in [-0.15, -0.1) is 23.2 Å². The molecule has 0 fully saturated rings. The molecule has 0 heterocycles. The van der Waals surface area contributed by atoms with Crippen molar-refractivity contribution in [3.8, 4) is 0 Å². The lowest BCUT2D eigenvalue weighted by Gasteiger charge is -2.06. The van der Waals surface area contributed by atoms with Gasteiger partial charge in [0.2, 0.25) is 0 Å². The van der Waals surface area contributed by atoms with Crippen molar-refractivity contribution in [3.63, 3.8) is 0 Å². The second kappa shape index (κ2) is 5.67. The van der Waals surface area contributed by atoms with E-state index in [2.05, 4.69) is 0 Å². The van der Waals surface area contributed by atoms with E-state index in [9.17, 15) is 0 Å². The fourth-order valence-corrected chi connectivity index (χ4v) is 0. The third kappa shape index (κ3) is 688. The Labute approximate surface area is 61.2 Å². The van der Waals surface area contributed by atoms with Crippen molar-refractivity contribution < 1.29 is 0 Å². The molecule has 0 aromatic heterocycles. The molecule has 0 aliphatic heterocycles. The van der Waals surface area contributed by atoms with E-state index in [0.717, 1.165) is 0 Å². The summed E-state index contributed by atoms with van der Waals surface area (Å²) in [6, 6.07) is 0. The number of halogens is 2. The molecule has 1 nitrogen and oxygen atoms in total.